The molecule has 0 spiro atoms. The topological polar surface area (TPSA) is 91.7 Å². The third-order valence-electron chi connectivity index (χ3n) is 7.43. The largest absolute Gasteiger partial charge is 0.496 e. The molecule has 2 aliphatic rings. The van der Waals surface area contributed by atoms with Crippen LogP contribution in [0.3, 0.4) is 0 Å². The normalized spacial score (nSPS) is 17.8. The molecular formula is C30H28Cl2FN3O5. The van der Waals surface area contributed by atoms with E-state index in [1.807, 2.05) is 20.8 Å². The number of amides is 1. The molecule has 0 saturated carbocycles. The summed E-state index contributed by atoms with van der Waals surface area (Å²) in [6.45, 7) is 5.93. The molecule has 3 aromatic carbocycles. The zero-order valence-corrected chi connectivity index (χ0v) is 24.5. The van der Waals surface area contributed by atoms with Gasteiger partial charge in [0, 0.05) is 45.4 Å². The van der Waals surface area contributed by atoms with Crippen LogP contribution in [0.4, 0.5) is 10.1 Å². The highest BCUT2D eigenvalue weighted by Gasteiger charge is 2.48. The quantitative estimate of drug-likeness (QED) is 0.351. The number of ether oxygens (including phenoxy) is 2. The molecule has 1 N–H and O–H groups in total. The fourth-order valence-electron chi connectivity index (χ4n) is 5.02. The van der Waals surface area contributed by atoms with Crippen LogP contribution in [0.25, 0.3) is 11.1 Å². The maximum Gasteiger partial charge on any atom is 0.335 e. The Morgan fingerprint density at radius 3 is 2.39 bits per heavy atom. The summed E-state index contributed by atoms with van der Waals surface area (Å²) in [5.41, 5.74) is 1.29. The number of rotatable bonds is 5. The van der Waals surface area contributed by atoms with Crippen LogP contribution in [-0.2, 0) is 4.79 Å². The molecule has 2 aliphatic heterocycles. The van der Waals surface area contributed by atoms with Crippen molar-refractivity contribution in [2.24, 2.45) is 11.0 Å². The van der Waals surface area contributed by atoms with Gasteiger partial charge >= 0.3 is 5.97 Å². The predicted molar refractivity (Wildman–Crippen MR) is 156 cm³/mol. The second kappa shape index (κ2) is 10.5. The summed E-state index contributed by atoms with van der Waals surface area (Å²) < 4.78 is 26.9. The number of hydrogen-bond donors (Lipinski definition) is 1. The van der Waals surface area contributed by atoms with Crippen LogP contribution in [0, 0.1) is 11.7 Å². The van der Waals surface area contributed by atoms with Crippen molar-refractivity contribution < 1.29 is 28.6 Å². The second-order valence-corrected chi connectivity index (χ2v) is 11.8. The molecule has 0 saturated heterocycles. The van der Waals surface area contributed by atoms with Crippen molar-refractivity contribution in [2.75, 3.05) is 25.8 Å². The monoisotopic (exact) mass is 599 g/mol. The number of fused-ring (bicyclic) bond motifs is 3. The molecule has 1 amide bonds. The number of anilines is 1. The number of halogens is 3. The van der Waals surface area contributed by atoms with Crippen molar-refractivity contribution in [3.05, 3.63) is 75.5 Å². The van der Waals surface area contributed by atoms with Crippen LogP contribution in [0.1, 0.15) is 42.7 Å². The molecule has 0 aromatic heterocycles. The number of aromatic carboxylic acids is 1. The van der Waals surface area contributed by atoms with Gasteiger partial charge in [0.25, 0.3) is 5.91 Å². The maximum absolute atomic E-state index is 15.1. The van der Waals surface area contributed by atoms with E-state index in [1.54, 1.807) is 47.3 Å². The van der Waals surface area contributed by atoms with Crippen LogP contribution in [0.2, 0.25) is 10.0 Å². The van der Waals surface area contributed by atoms with Gasteiger partial charge in [-0.3, -0.25) is 9.80 Å². The summed E-state index contributed by atoms with van der Waals surface area (Å²) >= 11 is 12.7. The molecule has 41 heavy (non-hydrogen) atoms. The van der Waals surface area contributed by atoms with Crippen LogP contribution < -0.4 is 14.5 Å². The molecule has 2 atom stereocenters. The van der Waals surface area contributed by atoms with E-state index in [1.165, 1.54) is 19.2 Å². The minimum absolute atomic E-state index is 0.0479. The standard InChI is InChI=1S/C30H28Cl2FN3O5/c1-30(2,3)35(4)28(37)26-22-14-41-25-13-24(40-5)20(19-8-15(29(38)39)6-7-23(19)33)12-21(25)27(22)36(34-26)18-10-16(31)9-17(32)11-18/h6-13,22,27H,14H2,1-5H3,(H,38,39). The van der Waals surface area contributed by atoms with Crippen molar-refractivity contribution in [1.29, 1.82) is 0 Å². The summed E-state index contributed by atoms with van der Waals surface area (Å²) in [6, 6.07) is 11.4. The number of benzene rings is 3. The number of carbonyl (C=O) groups excluding carboxylic acids is 1. The first kappa shape index (κ1) is 28.7. The number of nitrogens with zero attached hydrogens (tertiary/aromatic N) is 3. The molecule has 0 radical (unpaired) electrons. The maximum atomic E-state index is 15.1. The first-order valence-electron chi connectivity index (χ1n) is 12.8. The Morgan fingerprint density at radius 1 is 1.10 bits per heavy atom. The van der Waals surface area contributed by atoms with Gasteiger partial charge in [0.2, 0.25) is 0 Å². The van der Waals surface area contributed by atoms with Gasteiger partial charge < -0.3 is 19.5 Å². The van der Waals surface area contributed by atoms with E-state index in [0.717, 1.165) is 6.07 Å². The fraction of sp³-hybridized carbons (Fsp3) is 0.300. The van der Waals surface area contributed by atoms with Crippen molar-refractivity contribution >= 4 is 46.5 Å². The molecule has 2 heterocycles. The van der Waals surface area contributed by atoms with Crippen molar-refractivity contribution in [1.82, 2.24) is 4.90 Å². The van der Waals surface area contributed by atoms with Crippen LogP contribution in [0.15, 0.2) is 53.6 Å². The van der Waals surface area contributed by atoms with E-state index in [9.17, 15) is 14.7 Å². The van der Waals surface area contributed by atoms with Gasteiger partial charge in [-0.15, -0.1) is 0 Å². The Bertz CT molecular complexity index is 1580. The van der Waals surface area contributed by atoms with E-state index >= 15 is 4.39 Å². The summed E-state index contributed by atoms with van der Waals surface area (Å²) in [6.07, 6.45) is 0. The summed E-state index contributed by atoms with van der Waals surface area (Å²) in [5.74, 6) is -1.80. The molecule has 214 valence electrons. The Morgan fingerprint density at radius 2 is 1.78 bits per heavy atom. The smallest absolute Gasteiger partial charge is 0.335 e. The van der Waals surface area contributed by atoms with E-state index in [-0.39, 0.29) is 23.6 Å². The van der Waals surface area contributed by atoms with Gasteiger partial charge in [-0.1, -0.05) is 23.2 Å². The zero-order chi connectivity index (χ0) is 29.8. The van der Waals surface area contributed by atoms with E-state index < -0.39 is 29.3 Å². The third kappa shape index (κ3) is 5.20. The van der Waals surface area contributed by atoms with E-state index in [2.05, 4.69) is 0 Å². The first-order valence-corrected chi connectivity index (χ1v) is 13.6. The molecular weight excluding hydrogens is 572 g/mol. The van der Waals surface area contributed by atoms with Gasteiger partial charge in [-0.05, 0) is 63.2 Å². The molecule has 0 fully saturated rings. The van der Waals surface area contributed by atoms with E-state index in [0.29, 0.717) is 44.1 Å². The number of carboxylic acids is 1. The Kier molecular flexibility index (Phi) is 7.38. The van der Waals surface area contributed by atoms with Crippen molar-refractivity contribution in [3.63, 3.8) is 0 Å². The number of hydrazone groups is 1. The predicted octanol–water partition coefficient (Wildman–Crippen LogP) is 6.69. The van der Waals surface area contributed by atoms with Crippen LogP contribution in [0.5, 0.6) is 11.5 Å². The highest BCUT2D eigenvalue weighted by Crippen LogP contribution is 2.50. The first-order chi connectivity index (χ1) is 19.3. The average molecular weight is 600 g/mol. The molecule has 0 aliphatic carbocycles. The highest BCUT2D eigenvalue weighted by molar-refractivity contribution is 6.41. The van der Waals surface area contributed by atoms with Crippen molar-refractivity contribution in [2.45, 2.75) is 32.4 Å². The number of methoxy groups -OCH3 is 1. The highest BCUT2D eigenvalue weighted by atomic mass is 35.5. The molecule has 11 heteroatoms. The molecule has 0 bridgehead atoms. The number of hydrogen-bond acceptors (Lipinski definition) is 6. The summed E-state index contributed by atoms with van der Waals surface area (Å²) in [4.78, 5) is 27.0. The lowest BCUT2D eigenvalue weighted by molar-refractivity contribution is -0.127. The fourth-order valence-corrected chi connectivity index (χ4v) is 5.53. The Hall–Kier alpha value is -3.82. The van der Waals surface area contributed by atoms with Gasteiger partial charge in [0.05, 0.1) is 36.9 Å². The number of carbonyl (C=O) groups is 2. The van der Waals surface area contributed by atoms with E-state index in [4.69, 9.17) is 37.8 Å². The van der Waals surface area contributed by atoms with Crippen LogP contribution >= 0.6 is 23.2 Å². The van der Waals surface area contributed by atoms with Gasteiger partial charge in [-0.2, -0.15) is 5.10 Å². The van der Waals surface area contributed by atoms with Crippen molar-refractivity contribution in [3.8, 4) is 22.6 Å². The number of carboxylic acid groups (broad SMARTS) is 1. The van der Waals surface area contributed by atoms with Gasteiger partial charge in [-0.25, -0.2) is 9.18 Å². The van der Waals surface area contributed by atoms with Gasteiger partial charge in [0.15, 0.2) is 0 Å². The SMILES string of the molecule is COc1cc2c(cc1-c1cc(C(=O)O)ccc1F)C1C(CO2)C(C(=O)N(C)C(C)(C)C)=NN1c1cc(Cl)cc(Cl)c1. The lowest BCUT2D eigenvalue weighted by Crippen LogP contribution is -2.48. The Labute approximate surface area is 246 Å². The minimum atomic E-state index is -1.19. The molecule has 8 nitrogen and oxygen atoms in total. The van der Waals surface area contributed by atoms with Gasteiger partial charge in [0.1, 0.15) is 23.0 Å². The lowest BCUT2D eigenvalue weighted by Gasteiger charge is -2.36. The summed E-state index contributed by atoms with van der Waals surface area (Å²) in [5, 5.41) is 16.8. The molecule has 5 rings (SSSR count). The average Bonchev–Trinajstić information content (AvgIpc) is 3.31. The summed E-state index contributed by atoms with van der Waals surface area (Å²) in [7, 11) is 3.16. The second-order valence-electron chi connectivity index (χ2n) is 10.9. The zero-order valence-electron chi connectivity index (χ0n) is 23.0. The Balaban J connectivity index is 1.71. The molecule has 3 aromatic rings. The van der Waals surface area contributed by atoms with Crippen LogP contribution in [-0.4, -0.2) is 53.9 Å². The third-order valence-corrected chi connectivity index (χ3v) is 7.86. The molecule has 2 unspecified atom stereocenters. The minimum Gasteiger partial charge on any atom is -0.496 e. The lowest BCUT2D eigenvalue weighted by atomic mass is 9.85.